The van der Waals surface area contributed by atoms with Crippen LogP contribution in [0.15, 0.2) is 30.3 Å². The Bertz CT molecular complexity index is 2530. The molecule has 0 N–H and O–H groups in total. The van der Waals surface area contributed by atoms with Crippen LogP contribution in [0.2, 0.25) is 0 Å². The topological polar surface area (TPSA) is 117 Å². The van der Waals surface area contributed by atoms with Crippen LogP contribution in [-0.4, -0.2) is 58.8 Å². The number of nitro groups is 1. The monoisotopic (exact) mass is 924 g/mol. The first kappa shape index (κ1) is 51.1. The van der Waals surface area contributed by atoms with E-state index in [1.165, 1.54) is 0 Å². The van der Waals surface area contributed by atoms with Crippen LogP contribution in [0.5, 0.6) is 46.0 Å². The predicted molar refractivity (Wildman–Crippen MR) is 275 cm³/mol. The molecule has 0 bridgehead atoms. The molecule has 0 aliphatic carbocycles. The first-order valence-corrected chi connectivity index (χ1v) is 25.6. The van der Waals surface area contributed by atoms with Gasteiger partial charge in [0.05, 0.1) is 64.2 Å². The van der Waals surface area contributed by atoms with E-state index in [0.29, 0.717) is 94.8 Å². The lowest BCUT2D eigenvalue weighted by atomic mass is 9.84. The van der Waals surface area contributed by atoms with E-state index < -0.39 is 0 Å². The predicted octanol–water partition coefficient (Wildman–Crippen LogP) is 16.2. The molecule has 0 radical (unpaired) electrons. The molecule has 6 aromatic carbocycles. The molecule has 6 aromatic rings. The molecule has 0 aromatic heterocycles. The molecular weight excluding hydrogens is 847 g/mol. The van der Waals surface area contributed by atoms with Crippen LogP contribution in [0.4, 0.5) is 5.69 Å². The normalized spacial score (nSPS) is 11.6. The molecule has 6 rings (SSSR count). The molecular formula is C56H77NO10. The first-order valence-electron chi connectivity index (χ1n) is 25.6. The van der Waals surface area contributed by atoms with Crippen molar-refractivity contribution >= 4 is 59.5 Å². The molecule has 0 saturated heterocycles. The van der Waals surface area contributed by atoms with Gasteiger partial charge in [0.25, 0.3) is 0 Å². The van der Waals surface area contributed by atoms with Crippen molar-refractivity contribution in [2.75, 3.05) is 53.9 Å². The number of rotatable bonds is 33. The van der Waals surface area contributed by atoms with Gasteiger partial charge in [-0.3, -0.25) is 10.1 Å². The number of hydrogen-bond donors (Lipinski definition) is 0. The molecule has 0 atom stereocenters. The highest BCUT2D eigenvalue weighted by atomic mass is 16.6. The molecule has 0 aliphatic heterocycles. The lowest BCUT2D eigenvalue weighted by molar-refractivity contribution is -0.384. The van der Waals surface area contributed by atoms with Crippen molar-refractivity contribution in [3.8, 4) is 46.0 Å². The summed E-state index contributed by atoms with van der Waals surface area (Å²) in [5.74, 6) is 3.90. The Morgan fingerprint density at radius 3 is 1.12 bits per heavy atom. The third kappa shape index (κ3) is 11.5. The average Bonchev–Trinajstić information content (AvgIpc) is 3.33. The van der Waals surface area contributed by atoms with E-state index in [1.807, 2.05) is 24.3 Å². The Labute approximate surface area is 398 Å². The molecule has 0 fully saturated rings. The van der Waals surface area contributed by atoms with E-state index in [-0.39, 0.29) is 23.0 Å². The minimum atomic E-state index is -0.285. The molecule has 0 heterocycles. The lowest BCUT2D eigenvalue weighted by Crippen LogP contribution is -2.09. The van der Waals surface area contributed by atoms with Gasteiger partial charge in [0.2, 0.25) is 5.75 Å². The Morgan fingerprint density at radius 2 is 0.687 bits per heavy atom. The second kappa shape index (κ2) is 25.7. The molecule has 0 unspecified atom stereocenters. The van der Waals surface area contributed by atoms with Crippen LogP contribution < -0.4 is 37.9 Å². The first-order chi connectivity index (χ1) is 32.8. The van der Waals surface area contributed by atoms with Crippen molar-refractivity contribution in [3.63, 3.8) is 0 Å². The third-order valence-corrected chi connectivity index (χ3v) is 12.8. The summed E-state index contributed by atoms with van der Waals surface area (Å²) in [5.41, 5.74) is -0.138. The molecule has 11 heteroatoms. The molecule has 0 spiro atoms. The Balaban J connectivity index is 1.91. The van der Waals surface area contributed by atoms with Crippen LogP contribution in [-0.2, 0) is 0 Å². The Morgan fingerprint density at radius 1 is 0.358 bits per heavy atom. The molecule has 0 aliphatic rings. The highest BCUT2D eigenvalue weighted by Crippen LogP contribution is 2.60. The summed E-state index contributed by atoms with van der Waals surface area (Å²) in [5, 5.41) is 21.4. The van der Waals surface area contributed by atoms with Crippen molar-refractivity contribution in [1.82, 2.24) is 0 Å². The van der Waals surface area contributed by atoms with E-state index in [9.17, 15) is 10.1 Å². The van der Waals surface area contributed by atoms with Gasteiger partial charge in [0, 0.05) is 26.9 Å². The average molecular weight is 924 g/mol. The minimum Gasteiger partial charge on any atom is -0.493 e. The number of ether oxygens (including phenoxy) is 8. The van der Waals surface area contributed by atoms with Gasteiger partial charge in [0.1, 0.15) is 0 Å². The van der Waals surface area contributed by atoms with Gasteiger partial charge in [-0.05, 0) is 90.4 Å². The number of fused-ring (bicyclic) bond motifs is 6. The van der Waals surface area contributed by atoms with Crippen molar-refractivity contribution in [3.05, 3.63) is 40.4 Å². The van der Waals surface area contributed by atoms with E-state index in [1.54, 1.807) is 14.2 Å². The maximum Gasteiger partial charge on any atom is 0.323 e. The molecule has 11 nitrogen and oxygen atoms in total. The number of unbranched alkanes of at least 4 members (excludes halogenated alkanes) is 12. The summed E-state index contributed by atoms with van der Waals surface area (Å²) >= 11 is 0. The van der Waals surface area contributed by atoms with Crippen molar-refractivity contribution < 1.29 is 42.8 Å². The molecule has 0 amide bonds. The summed E-state index contributed by atoms with van der Waals surface area (Å²) in [7, 11) is 3.26. The van der Waals surface area contributed by atoms with Gasteiger partial charge in [-0.2, -0.15) is 0 Å². The number of benzene rings is 6. The van der Waals surface area contributed by atoms with Crippen LogP contribution >= 0.6 is 0 Å². The second-order valence-electron chi connectivity index (χ2n) is 17.8. The van der Waals surface area contributed by atoms with Crippen molar-refractivity contribution in [2.45, 2.75) is 157 Å². The smallest absolute Gasteiger partial charge is 0.323 e. The van der Waals surface area contributed by atoms with Crippen molar-refractivity contribution in [2.24, 2.45) is 0 Å². The third-order valence-electron chi connectivity index (χ3n) is 12.8. The fraction of sp³-hybridized carbons (Fsp3) is 0.571. The van der Waals surface area contributed by atoms with Gasteiger partial charge in [0.15, 0.2) is 40.2 Å². The van der Waals surface area contributed by atoms with Crippen molar-refractivity contribution in [1.29, 1.82) is 0 Å². The summed E-state index contributed by atoms with van der Waals surface area (Å²) in [6.07, 6.45) is 17.1. The Kier molecular flexibility index (Phi) is 19.6. The van der Waals surface area contributed by atoms with Gasteiger partial charge in [-0.15, -0.1) is 0 Å². The molecule has 67 heavy (non-hydrogen) atoms. The number of hydrogen-bond acceptors (Lipinski definition) is 10. The highest BCUT2D eigenvalue weighted by Gasteiger charge is 2.36. The van der Waals surface area contributed by atoms with Gasteiger partial charge < -0.3 is 37.9 Å². The summed E-state index contributed by atoms with van der Waals surface area (Å²) in [6.45, 7) is 15.6. The molecule has 0 saturated carbocycles. The van der Waals surface area contributed by atoms with Crippen LogP contribution in [0.1, 0.15) is 157 Å². The van der Waals surface area contributed by atoms with Crippen LogP contribution in [0.3, 0.4) is 0 Å². The SMILES string of the molecule is CCCCCOc1cc2c(cc1OCCCCC)c1c([N+](=O)[O-])c(OCCCCC)c(OCCCCC)c3c4cc(OC)c(OC)cc4c4c(OCCCCC)c(OCCCCC)cc2c4c13. The van der Waals surface area contributed by atoms with E-state index in [4.69, 9.17) is 37.9 Å². The quantitative estimate of drug-likeness (QED) is 0.0130. The number of methoxy groups -OCH3 is 2. The largest absolute Gasteiger partial charge is 0.493 e. The molecule has 366 valence electrons. The highest BCUT2D eigenvalue weighted by molar-refractivity contribution is 6.44. The van der Waals surface area contributed by atoms with E-state index in [0.717, 1.165) is 148 Å². The summed E-state index contributed by atoms with van der Waals surface area (Å²) < 4.78 is 52.7. The number of nitrogens with zero attached hydrogens (tertiary/aromatic N) is 1. The lowest BCUT2D eigenvalue weighted by Gasteiger charge is -2.26. The summed E-state index contributed by atoms with van der Waals surface area (Å²) in [6, 6.07) is 10.1. The fourth-order valence-electron chi connectivity index (χ4n) is 9.22. The summed E-state index contributed by atoms with van der Waals surface area (Å²) in [4.78, 5) is 13.8. The standard InChI is InChI=1S/C56H77NO10/c1-9-15-21-27-62-45-33-38-39-37-47(64-29-23-17-11-3)54(65-30-24-18-12-4)50-41-34-43(60-7)44(61-8)35-42(41)51-52(48(39)50)49(40(38)36-46(45)63-28-22-16-10-2)53(57(58)59)56(67-32-26-20-14-6)55(51)66-31-25-19-13-5/h33-37H,9-32H2,1-8H3. The minimum absolute atomic E-state index is 0.127. The second-order valence-corrected chi connectivity index (χ2v) is 17.8. The zero-order valence-electron chi connectivity index (χ0n) is 41.9. The zero-order chi connectivity index (χ0) is 47.7. The fourth-order valence-corrected chi connectivity index (χ4v) is 9.22. The van der Waals surface area contributed by atoms with Gasteiger partial charge in [-0.25, -0.2) is 0 Å². The van der Waals surface area contributed by atoms with E-state index >= 15 is 0 Å². The van der Waals surface area contributed by atoms with E-state index in [2.05, 4.69) is 47.6 Å². The van der Waals surface area contributed by atoms with Gasteiger partial charge >= 0.3 is 5.69 Å². The maximum atomic E-state index is 14.1. The Hall–Kier alpha value is -5.32. The van der Waals surface area contributed by atoms with Crippen LogP contribution in [0, 0.1) is 10.1 Å². The zero-order valence-corrected chi connectivity index (χ0v) is 41.9. The number of nitro benzene ring substituents is 1. The van der Waals surface area contributed by atoms with Gasteiger partial charge in [-0.1, -0.05) is 119 Å². The maximum absolute atomic E-state index is 14.1. The van der Waals surface area contributed by atoms with Crippen LogP contribution in [0.25, 0.3) is 53.9 Å².